The first-order valence-corrected chi connectivity index (χ1v) is 9.95. The van der Waals surface area contributed by atoms with Gasteiger partial charge in [-0.3, -0.25) is 4.79 Å². The Bertz CT molecular complexity index is 560. The van der Waals surface area contributed by atoms with Gasteiger partial charge in [0.2, 0.25) is 0 Å². The van der Waals surface area contributed by atoms with E-state index in [0.717, 1.165) is 25.7 Å². The summed E-state index contributed by atoms with van der Waals surface area (Å²) in [4.78, 5) is 11.6. The normalized spacial score (nSPS) is 42.2. The van der Waals surface area contributed by atoms with Crippen molar-refractivity contribution < 1.29 is 19.4 Å². The topological polar surface area (TPSA) is 59.1 Å². The van der Waals surface area contributed by atoms with E-state index in [9.17, 15) is 9.90 Å². The van der Waals surface area contributed by atoms with Crippen LogP contribution in [0.15, 0.2) is 23.8 Å². The molecule has 0 bridgehead atoms. The molecule has 26 heavy (non-hydrogen) atoms. The smallest absolute Gasteiger partial charge is 0.302 e. The lowest BCUT2D eigenvalue weighted by molar-refractivity contribution is -0.149. The van der Waals surface area contributed by atoms with Crippen LogP contribution in [-0.4, -0.2) is 34.5 Å². The summed E-state index contributed by atoms with van der Waals surface area (Å²) in [6.45, 7) is 11.9. The number of rotatable bonds is 2. The van der Waals surface area contributed by atoms with E-state index in [1.54, 1.807) is 6.92 Å². The molecule has 0 spiro atoms. The molecule has 1 aliphatic carbocycles. The van der Waals surface area contributed by atoms with E-state index in [-0.39, 0.29) is 17.7 Å². The second-order valence-electron chi connectivity index (χ2n) is 8.96. The molecule has 0 saturated carbocycles. The van der Waals surface area contributed by atoms with Gasteiger partial charge in [0.05, 0.1) is 11.2 Å². The molecule has 0 unspecified atom stereocenters. The van der Waals surface area contributed by atoms with Crippen molar-refractivity contribution in [3.05, 3.63) is 23.8 Å². The van der Waals surface area contributed by atoms with Gasteiger partial charge in [0.25, 0.3) is 0 Å². The average molecular weight is 365 g/mol. The minimum absolute atomic E-state index is 0.149. The number of esters is 1. The van der Waals surface area contributed by atoms with Crippen molar-refractivity contribution in [1.82, 2.24) is 0 Å². The fourth-order valence-corrected chi connectivity index (χ4v) is 3.91. The third-order valence-corrected chi connectivity index (χ3v) is 5.77. The maximum atomic E-state index is 11.6. The van der Waals surface area contributed by atoms with Gasteiger partial charge in [-0.25, -0.2) is 0 Å². The minimum Gasteiger partial charge on any atom is -0.460 e. The maximum absolute atomic E-state index is 11.6. The molecule has 1 aliphatic heterocycles. The van der Waals surface area contributed by atoms with Gasteiger partial charge in [0.1, 0.15) is 12.2 Å². The van der Waals surface area contributed by atoms with Crippen LogP contribution in [0.3, 0.4) is 0 Å². The average Bonchev–Trinajstić information content (AvgIpc) is 3.16. The summed E-state index contributed by atoms with van der Waals surface area (Å²) in [7, 11) is 0. The fourth-order valence-electron chi connectivity index (χ4n) is 3.91. The molecule has 1 N–H and O–H groups in total. The van der Waals surface area contributed by atoms with Crippen LogP contribution in [0, 0.1) is 11.8 Å². The highest BCUT2D eigenvalue weighted by molar-refractivity contribution is 5.66. The quantitative estimate of drug-likeness (QED) is 0.443. The zero-order valence-corrected chi connectivity index (χ0v) is 17.2. The molecule has 0 aromatic heterocycles. The van der Waals surface area contributed by atoms with E-state index in [0.29, 0.717) is 18.3 Å². The zero-order valence-electron chi connectivity index (χ0n) is 17.2. The third kappa shape index (κ3) is 5.95. The molecule has 1 saturated heterocycles. The third-order valence-electron chi connectivity index (χ3n) is 5.77. The number of aliphatic hydroxyl groups is 1. The number of allylic oxidation sites excluding steroid dienone is 3. The van der Waals surface area contributed by atoms with Crippen LogP contribution < -0.4 is 0 Å². The van der Waals surface area contributed by atoms with E-state index in [4.69, 9.17) is 9.47 Å². The van der Waals surface area contributed by atoms with Crippen LogP contribution >= 0.6 is 0 Å². The first-order valence-electron chi connectivity index (χ1n) is 9.95. The Morgan fingerprint density at radius 2 is 2.08 bits per heavy atom. The Balaban J connectivity index is 2.25. The van der Waals surface area contributed by atoms with Gasteiger partial charge >= 0.3 is 5.97 Å². The molecule has 2 aliphatic rings. The summed E-state index contributed by atoms with van der Waals surface area (Å²) in [5, 5.41) is 10.9. The highest BCUT2D eigenvalue weighted by Crippen LogP contribution is 2.45. The minimum atomic E-state index is -1.03. The number of epoxide rings is 1. The van der Waals surface area contributed by atoms with Gasteiger partial charge in [-0.05, 0) is 58.3 Å². The van der Waals surface area contributed by atoms with Gasteiger partial charge in [-0.2, -0.15) is 0 Å². The van der Waals surface area contributed by atoms with Crippen LogP contribution in [0.1, 0.15) is 73.6 Å². The molecule has 4 heteroatoms. The summed E-state index contributed by atoms with van der Waals surface area (Å²) in [6, 6.07) is 0. The van der Waals surface area contributed by atoms with Gasteiger partial charge in [-0.1, -0.05) is 37.6 Å². The van der Waals surface area contributed by atoms with Crippen molar-refractivity contribution in [3.8, 4) is 0 Å². The number of ether oxygens (including phenoxy) is 2. The van der Waals surface area contributed by atoms with Crippen molar-refractivity contribution in [2.24, 2.45) is 11.8 Å². The highest BCUT2D eigenvalue weighted by Gasteiger charge is 2.57. The monoisotopic (exact) mass is 364 g/mol. The first-order chi connectivity index (χ1) is 12.0. The highest BCUT2D eigenvalue weighted by atomic mass is 16.6. The second kappa shape index (κ2) is 8.26. The molecule has 0 aromatic carbocycles. The summed E-state index contributed by atoms with van der Waals surface area (Å²) < 4.78 is 11.5. The van der Waals surface area contributed by atoms with Crippen LogP contribution in [-0.2, 0) is 14.3 Å². The van der Waals surface area contributed by atoms with Gasteiger partial charge < -0.3 is 14.6 Å². The molecule has 0 amide bonds. The van der Waals surface area contributed by atoms with Crippen molar-refractivity contribution >= 4 is 5.97 Å². The summed E-state index contributed by atoms with van der Waals surface area (Å²) in [6.07, 6.45) is 10.1. The summed E-state index contributed by atoms with van der Waals surface area (Å²) >= 11 is 0. The van der Waals surface area contributed by atoms with E-state index >= 15 is 0 Å². The predicted octanol–water partition coefficient (Wildman–Crippen LogP) is 4.57. The van der Waals surface area contributed by atoms with E-state index in [2.05, 4.69) is 39.8 Å². The standard InChI is InChI=1S/C22H36O4/c1-15(2)18-10-9-16(3)8-7-12-22(6)20(26-22)19(25-17(4)23)14-21(5,24)13-11-18/h8,11,13,15,18-20,24H,7,9-10,12,14H2,1-6H3/b13-11+,16-8+/t18-,19-,20-,21-,22-/m1/s1. The second-order valence-corrected chi connectivity index (χ2v) is 8.96. The number of hydrogen-bond donors (Lipinski definition) is 1. The molecule has 148 valence electrons. The fraction of sp³-hybridized carbons (Fsp3) is 0.773. The van der Waals surface area contributed by atoms with Crippen molar-refractivity contribution in [2.75, 3.05) is 0 Å². The summed E-state index contributed by atoms with van der Waals surface area (Å²) in [5.41, 5.74) is 0.0985. The predicted molar refractivity (Wildman–Crippen MR) is 104 cm³/mol. The Kier molecular flexibility index (Phi) is 6.73. The Morgan fingerprint density at radius 1 is 1.38 bits per heavy atom. The van der Waals surface area contributed by atoms with Gasteiger partial charge in [-0.15, -0.1) is 0 Å². The number of carbonyl (C=O) groups is 1. The molecule has 0 radical (unpaired) electrons. The summed E-state index contributed by atoms with van der Waals surface area (Å²) in [5.74, 6) is 0.606. The molecular weight excluding hydrogens is 328 g/mol. The van der Waals surface area contributed by atoms with Crippen LogP contribution in [0.4, 0.5) is 0 Å². The lowest BCUT2D eigenvalue weighted by Gasteiger charge is -2.27. The Morgan fingerprint density at radius 3 is 2.69 bits per heavy atom. The maximum Gasteiger partial charge on any atom is 0.302 e. The SMILES string of the molecule is CC(=O)O[C@@H]1C[C@](C)(O)/C=C/[C@H](C(C)C)CC/C(C)=C/CC[C@@]2(C)O[C@H]12. The van der Waals surface area contributed by atoms with Crippen LogP contribution in [0.2, 0.25) is 0 Å². The first kappa shape index (κ1) is 21.2. The molecule has 2 rings (SSSR count). The molecule has 0 aromatic rings. The van der Waals surface area contributed by atoms with Crippen LogP contribution in [0.5, 0.6) is 0 Å². The molecule has 1 fully saturated rings. The van der Waals surface area contributed by atoms with Crippen molar-refractivity contribution in [1.29, 1.82) is 0 Å². The lowest BCUT2D eigenvalue weighted by Crippen LogP contribution is -2.36. The Labute approximate surface area is 158 Å². The van der Waals surface area contributed by atoms with Crippen molar-refractivity contribution in [2.45, 2.75) is 97.1 Å². The lowest BCUT2D eigenvalue weighted by atomic mass is 9.85. The van der Waals surface area contributed by atoms with E-state index in [1.807, 2.05) is 6.08 Å². The number of hydrogen-bond acceptors (Lipinski definition) is 4. The van der Waals surface area contributed by atoms with E-state index < -0.39 is 11.7 Å². The molecule has 1 heterocycles. The molecule has 5 atom stereocenters. The van der Waals surface area contributed by atoms with Crippen LogP contribution in [0.25, 0.3) is 0 Å². The number of carbonyl (C=O) groups excluding carboxylic acids is 1. The van der Waals surface area contributed by atoms with Gasteiger partial charge in [0.15, 0.2) is 0 Å². The molecular formula is C22H36O4. The Hall–Kier alpha value is -1.13. The zero-order chi connectivity index (χ0) is 19.5. The largest absolute Gasteiger partial charge is 0.460 e. The molecule has 4 nitrogen and oxygen atoms in total. The van der Waals surface area contributed by atoms with E-state index in [1.165, 1.54) is 12.5 Å². The van der Waals surface area contributed by atoms with Gasteiger partial charge in [0, 0.05) is 13.3 Å². The number of fused-ring (bicyclic) bond motifs is 1. The van der Waals surface area contributed by atoms with Crippen molar-refractivity contribution in [3.63, 3.8) is 0 Å².